The van der Waals surface area contributed by atoms with Gasteiger partial charge in [-0.05, 0) is 67.7 Å². The van der Waals surface area contributed by atoms with E-state index in [0.717, 1.165) is 41.7 Å². The fourth-order valence-electron chi connectivity index (χ4n) is 3.81. The molecule has 1 heterocycles. The average molecular weight is 430 g/mol. The first kappa shape index (κ1) is 22.3. The molecule has 1 atom stereocenters. The van der Waals surface area contributed by atoms with Crippen LogP contribution in [0.3, 0.4) is 0 Å². The molecule has 0 saturated carbocycles. The number of benzene rings is 1. The van der Waals surface area contributed by atoms with E-state index in [0.29, 0.717) is 29.0 Å². The summed E-state index contributed by atoms with van der Waals surface area (Å²) in [5.74, 6) is 0.967. The Kier molecular flexibility index (Phi) is 7.19. The lowest BCUT2D eigenvalue weighted by Gasteiger charge is -2.18. The van der Waals surface area contributed by atoms with Crippen LogP contribution in [-0.4, -0.2) is 25.1 Å². The SMILES string of the molecule is CCOC(=O)c1c(NC(=O)COc2cc(C)ccc2C(C)C)sc2c1CCC(C)C2. The number of fused-ring (bicyclic) bond motifs is 1. The highest BCUT2D eigenvalue weighted by Gasteiger charge is 2.29. The lowest BCUT2D eigenvalue weighted by molar-refractivity contribution is -0.118. The van der Waals surface area contributed by atoms with Gasteiger partial charge in [-0.2, -0.15) is 0 Å². The predicted molar refractivity (Wildman–Crippen MR) is 121 cm³/mol. The second kappa shape index (κ2) is 9.65. The molecule has 1 aliphatic carbocycles. The van der Waals surface area contributed by atoms with Crippen molar-refractivity contribution in [2.75, 3.05) is 18.5 Å². The lowest BCUT2D eigenvalue weighted by Crippen LogP contribution is -2.22. The van der Waals surface area contributed by atoms with Gasteiger partial charge in [0.25, 0.3) is 5.91 Å². The zero-order valence-electron chi connectivity index (χ0n) is 18.5. The molecule has 1 N–H and O–H groups in total. The van der Waals surface area contributed by atoms with Crippen LogP contribution in [0.4, 0.5) is 5.00 Å². The molecule has 0 saturated heterocycles. The van der Waals surface area contributed by atoms with Crippen LogP contribution in [0, 0.1) is 12.8 Å². The van der Waals surface area contributed by atoms with Gasteiger partial charge in [-0.3, -0.25) is 4.79 Å². The zero-order valence-corrected chi connectivity index (χ0v) is 19.3. The zero-order chi connectivity index (χ0) is 21.8. The minimum Gasteiger partial charge on any atom is -0.483 e. The minimum absolute atomic E-state index is 0.107. The standard InChI is InChI=1S/C24H31NO4S/c1-6-28-24(27)22-18-10-8-16(5)12-20(18)30-23(22)25-21(26)13-29-19-11-15(4)7-9-17(19)14(2)3/h7,9,11,14,16H,6,8,10,12-13H2,1-5H3,(H,25,26). The Morgan fingerprint density at radius 2 is 2.07 bits per heavy atom. The van der Waals surface area contributed by atoms with Crippen molar-refractivity contribution >= 4 is 28.2 Å². The van der Waals surface area contributed by atoms with Gasteiger partial charge in [-0.15, -0.1) is 11.3 Å². The Bertz CT molecular complexity index is 932. The normalized spacial score (nSPS) is 15.6. The molecule has 1 aliphatic rings. The smallest absolute Gasteiger partial charge is 0.341 e. The van der Waals surface area contributed by atoms with Crippen LogP contribution in [-0.2, 0) is 22.4 Å². The largest absolute Gasteiger partial charge is 0.483 e. The van der Waals surface area contributed by atoms with E-state index < -0.39 is 0 Å². The number of nitrogens with one attached hydrogen (secondary N) is 1. The van der Waals surface area contributed by atoms with Crippen LogP contribution in [0.15, 0.2) is 18.2 Å². The second-order valence-corrected chi connectivity index (χ2v) is 9.41. The summed E-state index contributed by atoms with van der Waals surface area (Å²) in [5, 5.41) is 3.49. The van der Waals surface area contributed by atoms with Gasteiger partial charge in [0.2, 0.25) is 0 Å². The number of amides is 1. The third-order valence-electron chi connectivity index (χ3n) is 5.39. The number of carbonyl (C=O) groups is 2. The Morgan fingerprint density at radius 1 is 1.30 bits per heavy atom. The molecule has 30 heavy (non-hydrogen) atoms. The van der Waals surface area contributed by atoms with E-state index in [4.69, 9.17) is 9.47 Å². The molecule has 0 fully saturated rings. The molecule has 1 aromatic heterocycles. The summed E-state index contributed by atoms with van der Waals surface area (Å²) < 4.78 is 11.1. The number of ether oxygens (including phenoxy) is 2. The van der Waals surface area contributed by atoms with Gasteiger partial charge in [-0.25, -0.2) is 4.79 Å². The second-order valence-electron chi connectivity index (χ2n) is 8.31. The van der Waals surface area contributed by atoms with Crippen LogP contribution in [0.1, 0.15) is 72.0 Å². The molecular formula is C24H31NO4S. The summed E-state index contributed by atoms with van der Waals surface area (Å²) >= 11 is 1.49. The molecule has 2 aromatic rings. The summed E-state index contributed by atoms with van der Waals surface area (Å²) in [6.45, 7) is 10.4. The van der Waals surface area contributed by atoms with E-state index in [1.54, 1.807) is 6.92 Å². The third-order valence-corrected chi connectivity index (χ3v) is 6.56. The van der Waals surface area contributed by atoms with Crippen molar-refractivity contribution in [3.05, 3.63) is 45.3 Å². The molecule has 162 valence electrons. The Hall–Kier alpha value is -2.34. The molecule has 0 radical (unpaired) electrons. The maximum atomic E-state index is 12.7. The fraction of sp³-hybridized carbons (Fsp3) is 0.500. The van der Waals surface area contributed by atoms with Gasteiger partial charge in [0.15, 0.2) is 6.61 Å². The van der Waals surface area contributed by atoms with Crippen molar-refractivity contribution in [3.8, 4) is 5.75 Å². The average Bonchev–Trinajstić information content (AvgIpc) is 3.03. The van der Waals surface area contributed by atoms with Gasteiger partial charge in [-0.1, -0.05) is 32.9 Å². The summed E-state index contributed by atoms with van der Waals surface area (Å²) in [6, 6.07) is 6.05. The van der Waals surface area contributed by atoms with Crippen molar-refractivity contribution in [3.63, 3.8) is 0 Å². The molecule has 1 unspecified atom stereocenters. The number of aryl methyl sites for hydroxylation is 1. The molecule has 3 rings (SSSR count). The summed E-state index contributed by atoms with van der Waals surface area (Å²) in [6.07, 6.45) is 2.81. The number of thiophene rings is 1. The van der Waals surface area contributed by atoms with Gasteiger partial charge in [0, 0.05) is 4.88 Å². The molecule has 0 spiro atoms. The number of anilines is 1. The first-order valence-corrected chi connectivity index (χ1v) is 11.5. The van der Waals surface area contributed by atoms with E-state index in [2.05, 4.69) is 26.1 Å². The summed E-state index contributed by atoms with van der Waals surface area (Å²) in [5.41, 5.74) is 3.71. The minimum atomic E-state index is -0.360. The predicted octanol–water partition coefficient (Wildman–Crippen LogP) is 5.50. The van der Waals surface area contributed by atoms with E-state index >= 15 is 0 Å². The van der Waals surface area contributed by atoms with Crippen molar-refractivity contribution < 1.29 is 19.1 Å². The summed E-state index contributed by atoms with van der Waals surface area (Å²) in [7, 11) is 0. The van der Waals surface area contributed by atoms with E-state index in [-0.39, 0.29) is 18.5 Å². The monoisotopic (exact) mass is 429 g/mol. The van der Waals surface area contributed by atoms with Crippen LogP contribution >= 0.6 is 11.3 Å². The third kappa shape index (κ3) is 5.04. The maximum absolute atomic E-state index is 12.7. The van der Waals surface area contributed by atoms with Gasteiger partial charge in [0.1, 0.15) is 10.8 Å². The highest BCUT2D eigenvalue weighted by Crippen LogP contribution is 2.40. The first-order valence-electron chi connectivity index (χ1n) is 10.6. The van der Waals surface area contributed by atoms with Crippen molar-refractivity contribution in [2.24, 2.45) is 5.92 Å². The fourth-order valence-corrected chi connectivity index (χ4v) is 5.22. The Labute approximate surface area is 182 Å². The Morgan fingerprint density at radius 3 is 2.77 bits per heavy atom. The van der Waals surface area contributed by atoms with Gasteiger partial charge < -0.3 is 14.8 Å². The number of rotatable bonds is 7. The quantitative estimate of drug-likeness (QED) is 0.590. The van der Waals surface area contributed by atoms with Crippen LogP contribution in [0.2, 0.25) is 0 Å². The van der Waals surface area contributed by atoms with Crippen molar-refractivity contribution in [1.29, 1.82) is 0 Å². The van der Waals surface area contributed by atoms with Crippen LogP contribution in [0.25, 0.3) is 0 Å². The van der Waals surface area contributed by atoms with Crippen molar-refractivity contribution in [1.82, 2.24) is 0 Å². The van der Waals surface area contributed by atoms with Crippen LogP contribution < -0.4 is 10.1 Å². The van der Waals surface area contributed by atoms with Crippen molar-refractivity contribution in [2.45, 2.75) is 59.8 Å². The highest BCUT2D eigenvalue weighted by atomic mass is 32.1. The molecule has 0 bridgehead atoms. The van der Waals surface area contributed by atoms with Crippen LogP contribution in [0.5, 0.6) is 5.75 Å². The van der Waals surface area contributed by atoms with Gasteiger partial charge >= 0.3 is 5.97 Å². The Balaban J connectivity index is 1.77. The molecule has 5 nitrogen and oxygen atoms in total. The number of carbonyl (C=O) groups excluding carboxylic acids is 2. The molecule has 1 amide bonds. The van der Waals surface area contributed by atoms with E-state index in [9.17, 15) is 9.59 Å². The first-order chi connectivity index (χ1) is 14.3. The van der Waals surface area contributed by atoms with E-state index in [1.807, 2.05) is 25.1 Å². The molecule has 6 heteroatoms. The highest BCUT2D eigenvalue weighted by molar-refractivity contribution is 7.17. The maximum Gasteiger partial charge on any atom is 0.341 e. The lowest BCUT2D eigenvalue weighted by atomic mass is 9.88. The number of hydrogen-bond donors (Lipinski definition) is 1. The molecule has 1 aromatic carbocycles. The number of esters is 1. The molecule has 0 aliphatic heterocycles. The topological polar surface area (TPSA) is 64.6 Å². The number of hydrogen-bond acceptors (Lipinski definition) is 5. The van der Waals surface area contributed by atoms with Gasteiger partial charge in [0.05, 0.1) is 12.2 Å². The summed E-state index contributed by atoms with van der Waals surface area (Å²) in [4.78, 5) is 26.5. The van der Waals surface area contributed by atoms with E-state index in [1.165, 1.54) is 16.2 Å². The molecular weight excluding hydrogens is 398 g/mol.